The zero-order chi connectivity index (χ0) is 15.1. The number of hydrogen-bond acceptors (Lipinski definition) is 3. The van der Waals surface area contributed by atoms with Gasteiger partial charge < -0.3 is 15.0 Å². The topological polar surface area (TPSA) is 24.5 Å². The van der Waals surface area contributed by atoms with Gasteiger partial charge in [-0.2, -0.15) is 0 Å². The molecule has 3 heteroatoms. The van der Waals surface area contributed by atoms with Crippen molar-refractivity contribution in [3.05, 3.63) is 23.8 Å². The van der Waals surface area contributed by atoms with Crippen molar-refractivity contribution in [1.29, 1.82) is 0 Å². The largest absolute Gasteiger partial charge is 0.495 e. The third-order valence-electron chi connectivity index (χ3n) is 4.28. The molecule has 21 heavy (non-hydrogen) atoms. The van der Waals surface area contributed by atoms with Crippen LogP contribution in [0.15, 0.2) is 18.2 Å². The molecule has 2 rings (SSSR count). The fourth-order valence-electron chi connectivity index (χ4n) is 3.04. The minimum atomic E-state index is 0.777. The van der Waals surface area contributed by atoms with E-state index in [0.29, 0.717) is 0 Å². The van der Waals surface area contributed by atoms with Crippen molar-refractivity contribution in [2.75, 3.05) is 31.6 Å². The van der Waals surface area contributed by atoms with E-state index >= 15 is 0 Å². The molecule has 1 heterocycles. The third kappa shape index (κ3) is 4.63. The minimum absolute atomic E-state index is 0.777. The average molecular weight is 290 g/mol. The number of benzene rings is 1. The number of piperidine rings is 1. The van der Waals surface area contributed by atoms with E-state index in [1.54, 1.807) is 7.11 Å². The van der Waals surface area contributed by atoms with Crippen LogP contribution < -0.4 is 15.0 Å². The van der Waals surface area contributed by atoms with Gasteiger partial charge in [-0.15, -0.1) is 0 Å². The maximum Gasteiger partial charge on any atom is 0.142 e. The number of ether oxygens (including phenoxy) is 1. The van der Waals surface area contributed by atoms with Crippen LogP contribution in [0.1, 0.15) is 45.1 Å². The molecule has 0 amide bonds. The van der Waals surface area contributed by atoms with Crippen LogP contribution in [0.5, 0.6) is 5.75 Å². The fourth-order valence-corrected chi connectivity index (χ4v) is 3.04. The highest BCUT2D eigenvalue weighted by Crippen LogP contribution is 2.32. The Morgan fingerprint density at radius 2 is 2.24 bits per heavy atom. The number of hydrogen-bond donors (Lipinski definition) is 1. The first kappa shape index (κ1) is 16.2. The Bertz CT molecular complexity index is 433. The molecule has 1 unspecified atom stereocenters. The van der Waals surface area contributed by atoms with Gasteiger partial charge in [0.2, 0.25) is 0 Å². The summed E-state index contributed by atoms with van der Waals surface area (Å²) in [6.45, 7) is 8.86. The molecular formula is C18H30N2O. The number of unbranched alkanes of at least 4 members (excludes halogenated alkanes) is 1. The first-order chi connectivity index (χ1) is 10.2. The van der Waals surface area contributed by atoms with Crippen LogP contribution in [0.2, 0.25) is 0 Å². The highest BCUT2D eigenvalue weighted by Gasteiger charge is 2.19. The molecule has 0 bridgehead atoms. The fraction of sp³-hybridized carbons (Fsp3) is 0.667. The second-order valence-corrected chi connectivity index (χ2v) is 6.23. The van der Waals surface area contributed by atoms with Crippen molar-refractivity contribution < 1.29 is 4.74 Å². The molecule has 0 radical (unpaired) electrons. The van der Waals surface area contributed by atoms with Gasteiger partial charge in [0.15, 0.2) is 0 Å². The number of anilines is 1. The first-order valence-electron chi connectivity index (χ1n) is 8.37. The summed E-state index contributed by atoms with van der Waals surface area (Å²) >= 11 is 0. The van der Waals surface area contributed by atoms with E-state index < -0.39 is 0 Å². The highest BCUT2D eigenvalue weighted by atomic mass is 16.5. The Morgan fingerprint density at radius 3 is 2.95 bits per heavy atom. The summed E-state index contributed by atoms with van der Waals surface area (Å²) in [6.07, 6.45) is 5.10. The summed E-state index contributed by atoms with van der Waals surface area (Å²) in [5, 5.41) is 3.49. The summed E-state index contributed by atoms with van der Waals surface area (Å²) in [5.41, 5.74) is 2.55. The molecule has 0 spiro atoms. The van der Waals surface area contributed by atoms with Crippen molar-refractivity contribution in [3.8, 4) is 5.75 Å². The van der Waals surface area contributed by atoms with Crippen LogP contribution >= 0.6 is 0 Å². The van der Waals surface area contributed by atoms with E-state index in [-0.39, 0.29) is 0 Å². The van der Waals surface area contributed by atoms with Crippen LogP contribution in [0.4, 0.5) is 5.69 Å². The van der Waals surface area contributed by atoms with Gasteiger partial charge in [-0.3, -0.25) is 0 Å². The van der Waals surface area contributed by atoms with Gasteiger partial charge >= 0.3 is 0 Å². The zero-order valence-corrected chi connectivity index (χ0v) is 13.8. The molecule has 0 saturated carbocycles. The molecule has 0 aromatic heterocycles. The Labute approximate surface area is 129 Å². The predicted octanol–water partition coefficient (Wildman–Crippen LogP) is 3.82. The monoisotopic (exact) mass is 290 g/mol. The first-order valence-corrected chi connectivity index (χ1v) is 8.37. The van der Waals surface area contributed by atoms with Gasteiger partial charge in [-0.05, 0) is 49.4 Å². The maximum absolute atomic E-state index is 5.63. The van der Waals surface area contributed by atoms with Crippen LogP contribution in [-0.4, -0.2) is 26.7 Å². The van der Waals surface area contributed by atoms with E-state index in [1.165, 1.54) is 36.9 Å². The SMILES string of the molecule is CCCCNCc1ccc(N2CCCC(C)C2)c(OC)c1. The number of nitrogens with zero attached hydrogens (tertiary/aromatic N) is 1. The predicted molar refractivity (Wildman–Crippen MR) is 90.2 cm³/mol. The molecular weight excluding hydrogens is 260 g/mol. The molecule has 3 nitrogen and oxygen atoms in total. The van der Waals surface area contributed by atoms with Crippen LogP contribution in [0, 0.1) is 5.92 Å². The van der Waals surface area contributed by atoms with E-state index in [0.717, 1.165) is 37.8 Å². The molecule has 1 saturated heterocycles. The van der Waals surface area contributed by atoms with Gasteiger partial charge in [0, 0.05) is 19.6 Å². The summed E-state index contributed by atoms with van der Waals surface area (Å²) < 4.78 is 5.63. The molecule has 1 N–H and O–H groups in total. The van der Waals surface area contributed by atoms with Crippen LogP contribution in [-0.2, 0) is 6.54 Å². The van der Waals surface area contributed by atoms with E-state index in [2.05, 4.69) is 42.3 Å². The molecule has 1 fully saturated rings. The van der Waals surface area contributed by atoms with Crippen molar-refractivity contribution in [1.82, 2.24) is 5.32 Å². The van der Waals surface area contributed by atoms with Crippen molar-refractivity contribution >= 4 is 5.69 Å². The summed E-state index contributed by atoms with van der Waals surface area (Å²) in [4.78, 5) is 2.47. The number of nitrogens with one attached hydrogen (secondary N) is 1. The number of methoxy groups -OCH3 is 1. The molecule has 0 aliphatic carbocycles. The molecule has 1 atom stereocenters. The van der Waals surface area contributed by atoms with E-state index in [9.17, 15) is 0 Å². The molecule has 1 aliphatic rings. The van der Waals surface area contributed by atoms with Crippen molar-refractivity contribution in [2.24, 2.45) is 5.92 Å². The van der Waals surface area contributed by atoms with Crippen LogP contribution in [0.25, 0.3) is 0 Å². The maximum atomic E-state index is 5.63. The van der Waals surface area contributed by atoms with Gasteiger partial charge in [0.25, 0.3) is 0 Å². The minimum Gasteiger partial charge on any atom is -0.495 e. The second kappa shape index (κ2) is 8.28. The van der Waals surface area contributed by atoms with E-state index in [4.69, 9.17) is 4.74 Å². The normalized spacial score (nSPS) is 18.8. The summed E-state index contributed by atoms with van der Waals surface area (Å²) in [5.74, 6) is 1.79. The van der Waals surface area contributed by atoms with Gasteiger partial charge in [-0.1, -0.05) is 26.3 Å². The second-order valence-electron chi connectivity index (χ2n) is 6.23. The van der Waals surface area contributed by atoms with Crippen LogP contribution in [0.3, 0.4) is 0 Å². The summed E-state index contributed by atoms with van der Waals surface area (Å²) in [7, 11) is 1.78. The highest BCUT2D eigenvalue weighted by molar-refractivity contribution is 5.60. The van der Waals surface area contributed by atoms with Gasteiger partial charge in [0.05, 0.1) is 12.8 Å². The lowest BCUT2D eigenvalue weighted by Crippen LogP contribution is -2.34. The lowest BCUT2D eigenvalue weighted by Gasteiger charge is -2.33. The molecule has 1 aromatic rings. The van der Waals surface area contributed by atoms with Gasteiger partial charge in [0.1, 0.15) is 5.75 Å². The Kier molecular flexibility index (Phi) is 6.37. The molecule has 1 aromatic carbocycles. The Morgan fingerprint density at radius 1 is 1.38 bits per heavy atom. The molecule has 1 aliphatic heterocycles. The quantitative estimate of drug-likeness (QED) is 0.773. The number of rotatable bonds is 7. The average Bonchev–Trinajstić information content (AvgIpc) is 2.51. The lowest BCUT2D eigenvalue weighted by atomic mass is 9.99. The lowest BCUT2D eigenvalue weighted by molar-refractivity contribution is 0.404. The zero-order valence-electron chi connectivity index (χ0n) is 13.8. The Balaban J connectivity index is 2.02. The summed E-state index contributed by atoms with van der Waals surface area (Å²) in [6, 6.07) is 6.65. The third-order valence-corrected chi connectivity index (χ3v) is 4.28. The Hall–Kier alpha value is -1.22. The van der Waals surface area contributed by atoms with Crippen molar-refractivity contribution in [2.45, 2.75) is 46.1 Å². The van der Waals surface area contributed by atoms with E-state index in [1.807, 2.05) is 0 Å². The standard InChI is InChI=1S/C18H30N2O/c1-4-5-10-19-13-16-8-9-17(18(12-16)21-3)20-11-6-7-15(2)14-20/h8-9,12,15,19H,4-7,10-11,13-14H2,1-3H3. The molecule has 118 valence electrons. The smallest absolute Gasteiger partial charge is 0.142 e. The van der Waals surface area contributed by atoms with Gasteiger partial charge in [-0.25, -0.2) is 0 Å². The van der Waals surface area contributed by atoms with Crippen molar-refractivity contribution in [3.63, 3.8) is 0 Å².